The molecule has 146 valence electrons. The molecule has 4 saturated heterocycles. The Hall–Kier alpha value is -1.22. The molecule has 0 radical (unpaired) electrons. The van der Waals surface area contributed by atoms with Crippen molar-refractivity contribution >= 4 is 11.9 Å². The molecule has 4 heterocycles. The van der Waals surface area contributed by atoms with Gasteiger partial charge in [-0.1, -0.05) is 13.8 Å². The van der Waals surface area contributed by atoms with Gasteiger partial charge >= 0.3 is 11.9 Å². The molecule has 8 atom stereocenters. The fraction of sp³-hybridized carbons (Fsp3) is 0.889. The number of hydrogen-bond acceptors (Lipinski definition) is 7. The molecule has 5 aliphatic rings. The first kappa shape index (κ1) is 18.2. The quantitative estimate of drug-likeness (QED) is 0.458. The number of rotatable bonds is 3. The zero-order chi connectivity index (χ0) is 18.7. The van der Waals surface area contributed by atoms with Crippen molar-refractivity contribution in [2.45, 2.75) is 76.8 Å². The van der Waals surface area contributed by atoms with Gasteiger partial charge in [0, 0.05) is 18.3 Å². The maximum atomic E-state index is 11.9. The van der Waals surface area contributed by atoms with Crippen LogP contribution in [0.15, 0.2) is 0 Å². The minimum absolute atomic E-state index is 0.0349. The van der Waals surface area contributed by atoms with Crippen LogP contribution in [0.3, 0.4) is 0 Å². The molecular weight excluding hydrogens is 344 g/mol. The van der Waals surface area contributed by atoms with Gasteiger partial charge in [-0.2, -0.15) is 0 Å². The molecule has 5 fully saturated rings. The number of aliphatic carboxylic acids is 1. The van der Waals surface area contributed by atoms with Crippen LogP contribution in [0, 0.1) is 23.7 Å². The maximum absolute atomic E-state index is 11.9. The number of carboxylic acids is 1. The highest BCUT2D eigenvalue weighted by Crippen LogP contribution is 2.60. The number of hydrogen-bond donors (Lipinski definition) is 1. The van der Waals surface area contributed by atoms with E-state index >= 15 is 0 Å². The van der Waals surface area contributed by atoms with Gasteiger partial charge in [0.25, 0.3) is 0 Å². The SMILES string of the molecule is C[C@H]1[C@@H](OC(=O)CC(=O)O)O[C@@H]2O[C@]3(C)CC[C@H]4[C@H](C)CC[C@@H]1[C@@]24OO3. The van der Waals surface area contributed by atoms with E-state index in [0.717, 1.165) is 19.3 Å². The van der Waals surface area contributed by atoms with Crippen LogP contribution in [0.2, 0.25) is 0 Å². The van der Waals surface area contributed by atoms with Crippen LogP contribution in [0.25, 0.3) is 0 Å². The second kappa shape index (κ2) is 6.15. The van der Waals surface area contributed by atoms with E-state index in [0.29, 0.717) is 12.3 Å². The zero-order valence-corrected chi connectivity index (χ0v) is 15.3. The van der Waals surface area contributed by atoms with Crippen molar-refractivity contribution in [1.82, 2.24) is 0 Å². The van der Waals surface area contributed by atoms with E-state index in [1.165, 1.54) is 0 Å². The normalized spacial score (nSPS) is 49.8. The summed E-state index contributed by atoms with van der Waals surface area (Å²) in [4.78, 5) is 34.3. The standard InChI is InChI=1S/C18H26O8/c1-9-4-5-12-10(2)15(22-14(21)8-13(19)20)23-16-18(12)11(9)6-7-17(3,24-16)25-26-18/h9-12,15-16H,4-8H2,1-3H3,(H,19,20)/t9-,10-,11+,12+,15+,16-,17+,18-/m1/s1. The van der Waals surface area contributed by atoms with Crippen molar-refractivity contribution in [3.8, 4) is 0 Å². The zero-order valence-electron chi connectivity index (χ0n) is 15.3. The Morgan fingerprint density at radius 3 is 2.65 bits per heavy atom. The average molecular weight is 370 g/mol. The van der Waals surface area contributed by atoms with Gasteiger partial charge in [-0.3, -0.25) is 9.59 Å². The molecule has 1 saturated carbocycles. The van der Waals surface area contributed by atoms with E-state index in [9.17, 15) is 9.59 Å². The van der Waals surface area contributed by atoms with Gasteiger partial charge in [0.1, 0.15) is 6.42 Å². The van der Waals surface area contributed by atoms with Crippen molar-refractivity contribution in [2.75, 3.05) is 0 Å². The Labute approximate surface area is 152 Å². The molecule has 0 unspecified atom stereocenters. The summed E-state index contributed by atoms with van der Waals surface area (Å²) < 4.78 is 17.5. The van der Waals surface area contributed by atoms with Crippen molar-refractivity contribution in [3.05, 3.63) is 0 Å². The molecule has 8 nitrogen and oxygen atoms in total. The van der Waals surface area contributed by atoms with Gasteiger partial charge in [-0.05, 0) is 38.0 Å². The first-order valence-corrected chi connectivity index (χ1v) is 9.36. The number of carbonyl (C=O) groups is 2. The van der Waals surface area contributed by atoms with Crippen molar-refractivity contribution in [3.63, 3.8) is 0 Å². The highest BCUT2D eigenvalue weighted by Gasteiger charge is 2.69. The van der Waals surface area contributed by atoms with Gasteiger partial charge in [-0.15, -0.1) is 0 Å². The second-order valence-corrected chi connectivity index (χ2v) is 8.33. The van der Waals surface area contributed by atoms with Crippen LogP contribution in [-0.4, -0.2) is 41.0 Å². The van der Waals surface area contributed by atoms with Crippen LogP contribution in [0.1, 0.15) is 52.9 Å². The lowest BCUT2D eigenvalue weighted by atomic mass is 9.58. The summed E-state index contributed by atoms with van der Waals surface area (Å²) in [6.07, 6.45) is 1.30. The van der Waals surface area contributed by atoms with E-state index < -0.39 is 42.3 Å². The lowest BCUT2D eigenvalue weighted by Crippen LogP contribution is -2.70. The van der Waals surface area contributed by atoms with Crippen LogP contribution < -0.4 is 0 Å². The third kappa shape index (κ3) is 2.66. The predicted octanol–water partition coefficient (Wildman–Crippen LogP) is 2.21. The van der Waals surface area contributed by atoms with Crippen molar-refractivity contribution < 1.29 is 38.7 Å². The Kier molecular flexibility index (Phi) is 4.30. The summed E-state index contributed by atoms with van der Waals surface area (Å²) in [5.41, 5.74) is -0.719. The summed E-state index contributed by atoms with van der Waals surface area (Å²) in [5, 5.41) is 8.79. The highest BCUT2D eigenvalue weighted by molar-refractivity contribution is 5.90. The molecule has 1 aliphatic carbocycles. The molecule has 26 heavy (non-hydrogen) atoms. The van der Waals surface area contributed by atoms with Crippen molar-refractivity contribution in [1.29, 1.82) is 0 Å². The van der Waals surface area contributed by atoms with Gasteiger partial charge in [0.2, 0.25) is 12.1 Å². The molecule has 1 N–H and O–H groups in total. The Balaban J connectivity index is 1.64. The minimum atomic E-state index is -1.23. The van der Waals surface area contributed by atoms with Crippen LogP contribution in [0.4, 0.5) is 0 Å². The van der Waals surface area contributed by atoms with Crippen molar-refractivity contribution in [2.24, 2.45) is 23.7 Å². The summed E-state index contributed by atoms with van der Waals surface area (Å²) >= 11 is 0. The molecule has 0 aromatic rings. The number of fused-ring (bicyclic) bond motifs is 2. The van der Waals surface area contributed by atoms with Crippen LogP contribution in [0.5, 0.6) is 0 Å². The Morgan fingerprint density at radius 1 is 1.15 bits per heavy atom. The van der Waals surface area contributed by atoms with E-state index in [1.54, 1.807) is 0 Å². The number of carbonyl (C=O) groups excluding carboxylic acids is 1. The molecule has 0 aromatic heterocycles. The first-order chi connectivity index (χ1) is 12.2. The van der Waals surface area contributed by atoms with Crippen LogP contribution in [-0.2, 0) is 33.6 Å². The lowest BCUT2D eigenvalue weighted by Gasteiger charge is -2.59. The van der Waals surface area contributed by atoms with Crippen LogP contribution >= 0.6 is 0 Å². The lowest BCUT2D eigenvalue weighted by molar-refractivity contribution is -0.576. The molecule has 4 aliphatic heterocycles. The smallest absolute Gasteiger partial charge is 0.319 e. The summed E-state index contributed by atoms with van der Waals surface area (Å²) in [7, 11) is 0. The van der Waals surface area contributed by atoms with E-state index in [4.69, 9.17) is 29.1 Å². The molecule has 8 heteroatoms. The fourth-order valence-corrected chi connectivity index (χ4v) is 5.30. The Bertz CT molecular complexity index is 608. The average Bonchev–Trinajstić information content (AvgIpc) is 2.78. The fourth-order valence-electron chi connectivity index (χ4n) is 5.30. The Morgan fingerprint density at radius 2 is 1.92 bits per heavy atom. The molecule has 1 spiro atoms. The third-order valence-electron chi connectivity index (χ3n) is 6.64. The molecule has 0 aromatic carbocycles. The van der Waals surface area contributed by atoms with Gasteiger partial charge in [0.05, 0.1) is 0 Å². The number of ether oxygens (including phenoxy) is 3. The monoisotopic (exact) mass is 370 g/mol. The highest BCUT2D eigenvalue weighted by atomic mass is 17.3. The van der Waals surface area contributed by atoms with E-state index in [2.05, 4.69) is 6.92 Å². The molecular formula is C18H26O8. The summed E-state index contributed by atoms with van der Waals surface area (Å²) in [6, 6.07) is 0. The van der Waals surface area contributed by atoms with Gasteiger partial charge in [0.15, 0.2) is 11.9 Å². The second-order valence-electron chi connectivity index (χ2n) is 8.33. The maximum Gasteiger partial charge on any atom is 0.319 e. The van der Waals surface area contributed by atoms with Gasteiger partial charge < -0.3 is 19.3 Å². The van der Waals surface area contributed by atoms with Gasteiger partial charge in [-0.25, -0.2) is 9.78 Å². The van der Waals surface area contributed by atoms with E-state index in [-0.39, 0.29) is 17.8 Å². The first-order valence-electron chi connectivity index (χ1n) is 9.36. The largest absolute Gasteiger partial charge is 0.481 e. The number of esters is 1. The van der Waals surface area contributed by atoms with E-state index in [1.807, 2.05) is 13.8 Å². The molecule has 0 amide bonds. The molecule has 5 rings (SSSR count). The summed E-state index contributed by atoms with van der Waals surface area (Å²) in [6.45, 7) is 5.99. The number of carboxylic acid groups (broad SMARTS) is 1. The molecule has 2 bridgehead atoms. The third-order valence-corrected chi connectivity index (χ3v) is 6.64. The summed E-state index contributed by atoms with van der Waals surface area (Å²) in [5.74, 6) is -2.38. The minimum Gasteiger partial charge on any atom is -0.481 e. The predicted molar refractivity (Wildman–Crippen MR) is 85.2 cm³/mol. The topological polar surface area (TPSA) is 101 Å².